The van der Waals surface area contributed by atoms with E-state index in [0.29, 0.717) is 23.6 Å². The van der Waals surface area contributed by atoms with Crippen LogP contribution in [-0.2, 0) is 6.42 Å². The van der Waals surface area contributed by atoms with Crippen LogP contribution in [0.2, 0.25) is 5.02 Å². The average Bonchev–Trinajstić information content (AvgIpc) is 3.12. The summed E-state index contributed by atoms with van der Waals surface area (Å²) >= 11 is 6.09. The number of hydrogen-bond acceptors (Lipinski definition) is 5. The third kappa shape index (κ3) is 3.97. The van der Waals surface area contributed by atoms with Crippen molar-refractivity contribution in [2.24, 2.45) is 0 Å². The normalized spacial score (nSPS) is 10.5. The molecule has 6 nitrogen and oxygen atoms in total. The number of nitrogens with zero attached hydrogens (tertiary/aromatic N) is 2. The first kappa shape index (κ1) is 17.0. The number of ether oxygens (including phenoxy) is 1. The van der Waals surface area contributed by atoms with Crippen LogP contribution in [-0.4, -0.2) is 29.8 Å². The SMILES string of the molecule is COc1ccccc1CCNC(=O)c1nnc(-c2ccccc2Cl)o1. The van der Waals surface area contributed by atoms with E-state index in [4.69, 9.17) is 20.8 Å². The fraction of sp³-hybridized carbons (Fsp3) is 0.167. The lowest BCUT2D eigenvalue weighted by Gasteiger charge is -2.08. The van der Waals surface area contributed by atoms with Gasteiger partial charge in [0.15, 0.2) is 0 Å². The van der Waals surface area contributed by atoms with Gasteiger partial charge in [0.2, 0.25) is 5.89 Å². The minimum Gasteiger partial charge on any atom is -0.496 e. The van der Waals surface area contributed by atoms with E-state index in [0.717, 1.165) is 11.3 Å². The van der Waals surface area contributed by atoms with Gasteiger partial charge in [-0.2, -0.15) is 0 Å². The molecular weight excluding hydrogens is 342 g/mol. The Bertz CT molecular complexity index is 879. The summed E-state index contributed by atoms with van der Waals surface area (Å²) in [5.41, 5.74) is 1.59. The molecule has 0 radical (unpaired) electrons. The van der Waals surface area contributed by atoms with Gasteiger partial charge in [-0.05, 0) is 30.2 Å². The summed E-state index contributed by atoms with van der Waals surface area (Å²) in [6, 6.07) is 14.7. The molecule has 1 aromatic heterocycles. The second kappa shape index (κ2) is 7.81. The van der Waals surface area contributed by atoms with Crippen LogP contribution in [0.15, 0.2) is 52.9 Å². The molecular formula is C18H16ClN3O3. The number of benzene rings is 2. The molecule has 1 heterocycles. The summed E-state index contributed by atoms with van der Waals surface area (Å²) in [5, 5.41) is 10.9. The molecule has 1 amide bonds. The van der Waals surface area contributed by atoms with Crippen LogP contribution in [0.3, 0.4) is 0 Å². The lowest BCUT2D eigenvalue weighted by Crippen LogP contribution is -2.26. The molecule has 0 unspecified atom stereocenters. The van der Waals surface area contributed by atoms with Crippen LogP contribution in [0.5, 0.6) is 5.75 Å². The number of carbonyl (C=O) groups excluding carboxylic acids is 1. The summed E-state index contributed by atoms with van der Waals surface area (Å²) < 4.78 is 10.7. The van der Waals surface area contributed by atoms with Gasteiger partial charge in [0.25, 0.3) is 0 Å². The number of aromatic nitrogens is 2. The maximum atomic E-state index is 12.1. The van der Waals surface area contributed by atoms with Crippen LogP contribution in [0.4, 0.5) is 0 Å². The van der Waals surface area contributed by atoms with Crippen LogP contribution >= 0.6 is 11.6 Å². The zero-order valence-corrected chi connectivity index (χ0v) is 14.3. The summed E-state index contributed by atoms with van der Waals surface area (Å²) in [7, 11) is 1.62. The van der Waals surface area contributed by atoms with E-state index < -0.39 is 5.91 Å². The second-order valence-electron chi connectivity index (χ2n) is 5.21. The largest absolute Gasteiger partial charge is 0.496 e. The maximum Gasteiger partial charge on any atom is 0.308 e. The number of nitrogens with one attached hydrogen (secondary N) is 1. The molecule has 0 fully saturated rings. The molecule has 0 bridgehead atoms. The number of amides is 1. The van der Waals surface area contributed by atoms with Gasteiger partial charge in [-0.3, -0.25) is 4.79 Å². The lowest BCUT2D eigenvalue weighted by molar-refractivity contribution is 0.0920. The number of halogens is 1. The van der Waals surface area contributed by atoms with Crippen molar-refractivity contribution in [3.05, 3.63) is 65.0 Å². The van der Waals surface area contributed by atoms with E-state index >= 15 is 0 Å². The first-order valence-electron chi connectivity index (χ1n) is 7.67. The Labute approximate surface area is 149 Å². The Kier molecular flexibility index (Phi) is 5.30. The minimum atomic E-state index is -0.430. The fourth-order valence-corrected chi connectivity index (χ4v) is 2.57. The van der Waals surface area contributed by atoms with Crippen LogP contribution in [0, 0.1) is 0 Å². The quantitative estimate of drug-likeness (QED) is 0.731. The van der Waals surface area contributed by atoms with E-state index in [9.17, 15) is 4.79 Å². The van der Waals surface area contributed by atoms with Crippen LogP contribution in [0.1, 0.15) is 16.2 Å². The monoisotopic (exact) mass is 357 g/mol. The van der Waals surface area contributed by atoms with Crippen molar-refractivity contribution in [1.82, 2.24) is 15.5 Å². The van der Waals surface area contributed by atoms with Gasteiger partial charge in [-0.25, -0.2) is 0 Å². The molecule has 0 aliphatic rings. The number of rotatable bonds is 6. The standard InChI is InChI=1S/C18H16ClN3O3/c1-24-15-9-5-2-6-12(15)10-11-20-16(23)18-22-21-17(25-18)13-7-3-4-8-14(13)19/h2-9H,10-11H2,1H3,(H,20,23). The molecule has 0 aliphatic carbocycles. The Hall–Kier alpha value is -2.86. The molecule has 25 heavy (non-hydrogen) atoms. The molecule has 0 aliphatic heterocycles. The van der Waals surface area contributed by atoms with Crippen LogP contribution < -0.4 is 10.1 Å². The highest BCUT2D eigenvalue weighted by Gasteiger charge is 2.17. The van der Waals surface area contributed by atoms with Crippen molar-refractivity contribution in [3.63, 3.8) is 0 Å². The van der Waals surface area contributed by atoms with Gasteiger partial charge in [0, 0.05) is 6.54 Å². The fourth-order valence-electron chi connectivity index (χ4n) is 2.35. The summed E-state index contributed by atoms with van der Waals surface area (Å²) in [6.07, 6.45) is 0.626. The third-order valence-electron chi connectivity index (χ3n) is 3.60. The first-order chi connectivity index (χ1) is 12.2. The number of hydrogen-bond donors (Lipinski definition) is 1. The van der Waals surface area contributed by atoms with Crippen molar-refractivity contribution >= 4 is 17.5 Å². The van der Waals surface area contributed by atoms with Gasteiger partial charge < -0.3 is 14.5 Å². The summed E-state index contributed by atoms with van der Waals surface area (Å²) in [5.74, 6) is 0.465. The van der Waals surface area contributed by atoms with Gasteiger partial charge in [-0.1, -0.05) is 41.9 Å². The Morgan fingerprint density at radius 3 is 2.72 bits per heavy atom. The zero-order chi connectivity index (χ0) is 17.6. The molecule has 2 aromatic carbocycles. The van der Waals surface area contributed by atoms with E-state index in [1.54, 1.807) is 31.4 Å². The lowest BCUT2D eigenvalue weighted by atomic mass is 10.1. The van der Waals surface area contributed by atoms with E-state index in [2.05, 4.69) is 15.5 Å². The molecule has 1 N–H and O–H groups in total. The van der Waals surface area contributed by atoms with Gasteiger partial charge in [0.05, 0.1) is 17.7 Å². The predicted octanol–water partition coefficient (Wildman–Crippen LogP) is 3.37. The van der Waals surface area contributed by atoms with Gasteiger partial charge in [-0.15, -0.1) is 10.2 Å². The molecule has 0 spiro atoms. The highest BCUT2D eigenvalue weighted by molar-refractivity contribution is 6.33. The smallest absolute Gasteiger partial charge is 0.308 e. The maximum absolute atomic E-state index is 12.1. The molecule has 7 heteroatoms. The summed E-state index contributed by atoms with van der Waals surface area (Å²) in [4.78, 5) is 12.1. The number of carbonyl (C=O) groups is 1. The molecule has 3 aromatic rings. The molecule has 0 saturated heterocycles. The Morgan fingerprint density at radius 1 is 1.16 bits per heavy atom. The van der Waals surface area contributed by atoms with E-state index in [-0.39, 0.29) is 11.8 Å². The zero-order valence-electron chi connectivity index (χ0n) is 13.5. The van der Waals surface area contributed by atoms with E-state index in [1.165, 1.54) is 0 Å². The predicted molar refractivity (Wildman–Crippen MR) is 93.8 cm³/mol. The second-order valence-corrected chi connectivity index (χ2v) is 5.62. The number of methoxy groups -OCH3 is 1. The van der Waals surface area contributed by atoms with Gasteiger partial charge in [0.1, 0.15) is 5.75 Å². The van der Waals surface area contributed by atoms with Crippen molar-refractivity contribution in [2.45, 2.75) is 6.42 Å². The van der Waals surface area contributed by atoms with Crippen molar-refractivity contribution in [1.29, 1.82) is 0 Å². The highest BCUT2D eigenvalue weighted by Crippen LogP contribution is 2.26. The molecule has 0 atom stereocenters. The third-order valence-corrected chi connectivity index (χ3v) is 3.93. The minimum absolute atomic E-state index is 0.102. The Balaban J connectivity index is 1.62. The topological polar surface area (TPSA) is 77.2 Å². The number of para-hydroxylation sites is 1. The first-order valence-corrected chi connectivity index (χ1v) is 8.05. The van der Waals surface area contributed by atoms with E-state index in [1.807, 2.05) is 24.3 Å². The summed E-state index contributed by atoms with van der Waals surface area (Å²) in [6.45, 7) is 0.420. The molecule has 0 saturated carbocycles. The van der Waals surface area contributed by atoms with Crippen molar-refractivity contribution < 1.29 is 13.9 Å². The van der Waals surface area contributed by atoms with Crippen molar-refractivity contribution in [2.75, 3.05) is 13.7 Å². The van der Waals surface area contributed by atoms with Crippen molar-refractivity contribution in [3.8, 4) is 17.2 Å². The van der Waals surface area contributed by atoms with Crippen LogP contribution in [0.25, 0.3) is 11.5 Å². The molecule has 3 rings (SSSR count). The highest BCUT2D eigenvalue weighted by atomic mass is 35.5. The van der Waals surface area contributed by atoms with Gasteiger partial charge >= 0.3 is 11.8 Å². The Morgan fingerprint density at radius 2 is 1.92 bits per heavy atom. The average molecular weight is 358 g/mol. The molecule has 128 valence electrons.